The van der Waals surface area contributed by atoms with Crippen LogP contribution in [0, 0.1) is 11.6 Å². The van der Waals surface area contributed by atoms with Gasteiger partial charge < -0.3 is 10.1 Å². The second-order valence-electron chi connectivity index (χ2n) is 4.86. The number of hydrogen-bond donors (Lipinski definition) is 1. The third kappa shape index (κ3) is 4.65. The Labute approximate surface area is 126 Å². The van der Waals surface area contributed by atoms with Crippen molar-refractivity contribution in [1.82, 2.24) is 10.3 Å². The standard InChI is InChI=1S/C15H15ClF2N2O/c1-9(2)19-7-10-3-15(20-8-14(10)16)21-13-5-11(17)4-12(18)6-13/h3-6,8-9,19H,7H2,1-2H3. The Hall–Kier alpha value is -1.72. The summed E-state index contributed by atoms with van der Waals surface area (Å²) in [6.07, 6.45) is 1.45. The molecule has 0 unspecified atom stereocenters. The topological polar surface area (TPSA) is 34.1 Å². The van der Waals surface area contributed by atoms with Crippen LogP contribution in [0.5, 0.6) is 11.6 Å². The van der Waals surface area contributed by atoms with E-state index in [9.17, 15) is 8.78 Å². The first kappa shape index (κ1) is 15.7. The van der Waals surface area contributed by atoms with Crippen molar-refractivity contribution in [2.24, 2.45) is 0 Å². The fourth-order valence-corrected chi connectivity index (χ4v) is 1.84. The van der Waals surface area contributed by atoms with Gasteiger partial charge in [-0.2, -0.15) is 0 Å². The summed E-state index contributed by atoms with van der Waals surface area (Å²) < 4.78 is 31.6. The Bertz CT molecular complexity index is 615. The van der Waals surface area contributed by atoms with Crippen molar-refractivity contribution in [2.75, 3.05) is 0 Å². The molecule has 1 aromatic carbocycles. The van der Waals surface area contributed by atoms with Crippen molar-refractivity contribution in [3.63, 3.8) is 0 Å². The lowest BCUT2D eigenvalue weighted by Crippen LogP contribution is -2.22. The number of aromatic nitrogens is 1. The first-order valence-electron chi connectivity index (χ1n) is 6.46. The number of rotatable bonds is 5. The van der Waals surface area contributed by atoms with E-state index in [1.807, 2.05) is 13.8 Å². The quantitative estimate of drug-likeness (QED) is 0.893. The summed E-state index contributed by atoms with van der Waals surface area (Å²) in [5.41, 5.74) is 0.798. The van der Waals surface area contributed by atoms with Crippen molar-refractivity contribution in [3.05, 3.63) is 52.7 Å². The zero-order valence-corrected chi connectivity index (χ0v) is 12.4. The maximum atomic E-state index is 13.1. The zero-order chi connectivity index (χ0) is 15.4. The van der Waals surface area contributed by atoms with E-state index in [1.54, 1.807) is 6.07 Å². The largest absolute Gasteiger partial charge is 0.439 e. The molecule has 0 bridgehead atoms. The number of benzene rings is 1. The average molecular weight is 313 g/mol. The van der Waals surface area contributed by atoms with Crippen LogP contribution in [0.15, 0.2) is 30.5 Å². The molecule has 6 heteroatoms. The molecule has 0 amide bonds. The molecule has 2 aromatic rings. The highest BCUT2D eigenvalue weighted by atomic mass is 35.5. The molecular formula is C15H15ClF2N2O. The van der Waals surface area contributed by atoms with E-state index in [0.29, 0.717) is 17.6 Å². The van der Waals surface area contributed by atoms with Crippen LogP contribution in [0.4, 0.5) is 8.78 Å². The summed E-state index contributed by atoms with van der Waals surface area (Å²) in [6, 6.07) is 4.90. The van der Waals surface area contributed by atoms with Crippen LogP contribution >= 0.6 is 11.6 Å². The number of pyridine rings is 1. The Morgan fingerprint density at radius 1 is 1.19 bits per heavy atom. The Kier molecular flexibility index (Phi) is 5.09. The number of nitrogens with zero attached hydrogens (tertiary/aromatic N) is 1. The van der Waals surface area contributed by atoms with Crippen LogP contribution in [0.3, 0.4) is 0 Å². The third-order valence-corrected chi connectivity index (χ3v) is 3.01. The minimum atomic E-state index is -0.708. The SMILES string of the molecule is CC(C)NCc1cc(Oc2cc(F)cc(F)c2)ncc1Cl. The van der Waals surface area contributed by atoms with Crippen LogP contribution in [0.2, 0.25) is 5.02 Å². The van der Waals surface area contributed by atoms with Crippen LogP contribution < -0.4 is 10.1 Å². The Balaban J connectivity index is 2.18. The molecule has 1 heterocycles. The van der Waals surface area contributed by atoms with Gasteiger partial charge in [0.2, 0.25) is 5.88 Å². The van der Waals surface area contributed by atoms with E-state index in [4.69, 9.17) is 16.3 Å². The lowest BCUT2D eigenvalue weighted by molar-refractivity contribution is 0.450. The molecule has 3 nitrogen and oxygen atoms in total. The minimum Gasteiger partial charge on any atom is -0.439 e. The van der Waals surface area contributed by atoms with E-state index >= 15 is 0 Å². The van der Waals surface area contributed by atoms with Gasteiger partial charge in [0.15, 0.2) is 0 Å². The van der Waals surface area contributed by atoms with E-state index in [1.165, 1.54) is 6.20 Å². The monoisotopic (exact) mass is 312 g/mol. The van der Waals surface area contributed by atoms with Crippen molar-refractivity contribution in [1.29, 1.82) is 0 Å². The molecule has 21 heavy (non-hydrogen) atoms. The highest BCUT2D eigenvalue weighted by Gasteiger charge is 2.08. The van der Waals surface area contributed by atoms with Crippen LogP contribution in [-0.4, -0.2) is 11.0 Å². The van der Waals surface area contributed by atoms with Gasteiger partial charge in [-0.15, -0.1) is 0 Å². The predicted molar refractivity (Wildman–Crippen MR) is 77.7 cm³/mol. The van der Waals surface area contributed by atoms with Gasteiger partial charge in [-0.25, -0.2) is 13.8 Å². The van der Waals surface area contributed by atoms with Gasteiger partial charge in [-0.1, -0.05) is 25.4 Å². The summed E-state index contributed by atoms with van der Waals surface area (Å²) in [5, 5.41) is 3.72. The number of ether oxygens (including phenoxy) is 1. The molecule has 0 saturated carbocycles. The molecule has 0 aliphatic carbocycles. The van der Waals surface area contributed by atoms with Crippen LogP contribution in [-0.2, 0) is 6.54 Å². The third-order valence-electron chi connectivity index (χ3n) is 2.67. The van der Waals surface area contributed by atoms with Gasteiger partial charge in [0.05, 0.1) is 5.02 Å². The molecular weight excluding hydrogens is 298 g/mol. The average Bonchev–Trinajstić information content (AvgIpc) is 2.38. The lowest BCUT2D eigenvalue weighted by Gasteiger charge is -2.11. The number of halogens is 3. The zero-order valence-electron chi connectivity index (χ0n) is 11.7. The highest BCUT2D eigenvalue weighted by Crippen LogP contribution is 2.25. The molecule has 0 atom stereocenters. The fraction of sp³-hybridized carbons (Fsp3) is 0.267. The molecule has 0 spiro atoms. The van der Waals surface area contributed by atoms with Gasteiger partial charge in [-0.3, -0.25) is 0 Å². The molecule has 0 fully saturated rings. The summed E-state index contributed by atoms with van der Waals surface area (Å²) >= 11 is 6.06. The summed E-state index contributed by atoms with van der Waals surface area (Å²) in [6.45, 7) is 4.58. The normalized spacial score (nSPS) is 11.0. The van der Waals surface area contributed by atoms with Crippen molar-refractivity contribution in [2.45, 2.75) is 26.4 Å². The Morgan fingerprint density at radius 2 is 1.86 bits per heavy atom. The second kappa shape index (κ2) is 6.83. The van der Waals surface area contributed by atoms with Crippen LogP contribution in [0.25, 0.3) is 0 Å². The minimum absolute atomic E-state index is 0.0464. The van der Waals surface area contributed by atoms with E-state index in [2.05, 4.69) is 10.3 Å². The van der Waals surface area contributed by atoms with Gasteiger partial charge in [-0.05, 0) is 5.56 Å². The molecule has 0 aliphatic rings. The molecule has 0 radical (unpaired) electrons. The van der Waals surface area contributed by atoms with Crippen LogP contribution in [0.1, 0.15) is 19.4 Å². The molecule has 1 aromatic heterocycles. The lowest BCUT2D eigenvalue weighted by atomic mass is 10.2. The summed E-state index contributed by atoms with van der Waals surface area (Å²) in [7, 11) is 0. The Morgan fingerprint density at radius 3 is 2.48 bits per heavy atom. The van der Waals surface area contributed by atoms with Crippen molar-refractivity contribution < 1.29 is 13.5 Å². The van der Waals surface area contributed by atoms with Crippen molar-refractivity contribution in [3.8, 4) is 11.6 Å². The van der Waals surface area contributed by atoms with E-state index in [0.717, 1.165) is 23.8 Å². The summed E-state index contributed by atoms with van der Waals surface area (Å²) in [5.74, 6) is -1.14. The smallest absolute Gasteiger partial charge is 0.219 e. The van der Waals surface area contributed by atoms with E-state index in [-0.39, 0.29) is 11.6 Å². The highest BCUT2D eigenvalue weighted by molar-refractivity contribution is 6.31. The van der Waals surface area contributed by atoms with Gasteiger partial charge in [0, 0.05) is 43.0 Å². The first-order valence-corrected chi connectivity index (χ1v) is 6.83. The molecule has 0 aliphatic heterocycles. The summed E-state index contributed by atoms with van der Waals surface area (Å²) in [4.78, 5) is 3.99. The van der Waals surface area contributed by atoms with E-state index < -0.39 is 11.6 Å². The maximum absolute atomic E-state index is 13.1. The van der Waals surface area contributed by atoms with Gasteiger partial charge in [0.25, 0.3) is 0 Å². The molecule has 0 saturated heterocycles. The second-order valence-corrected chi connectivity index (χ2v) is 5.26. The van der Waals surface area contributed by atoms with Gasteiger partial charge >= 0.3 is 0 Å². The molecule has 112 valence electrons. The number of hydrogen-bond acceptors (Lipinski definition) is 3. The predicted octanol–water partition coefficient (Wildman–Crippen LogP) is 4.30. The van der Waals surface area contributed by atoms with Gasteiger partial charge in [0.1, 0.15) is 17.4 Å². The number of nitrogens with one attached hydrogen (secondary N) is 1. The van der Waals surface area contributed by atoms with Crippen molar-refractivity contribution >= 4 is 11.6 Å². The fourth-order valence-electron chi connectivity index (χ4n) is 1.67. The molecule has 1 N–H and O–H groups in total. The molecule has 2 rings (SSSR count). The maximum Gasteiger partial charge on any atom is 0.219 e. The first-order chi connectivity index (χ1) is 9.94.